The van der Waals surface area contributed by atoms with Crippen LogP contribution in [0, 0.1) is 0 Å². The average molecular weight is 1300 g/mol. The highest BCUT2D eigenvalue weighted by atomic mass is 15.0. The lowest BCUT2D eigenvalue weighted by atomic mass is 9.81. The van der Waals surface area contributed by atoms with E-state index in [1.807, 2.05) is 0 Å². The third-order valence-corrected chi connectivity index (χ3v) is 22.4. The standard InChI is InChI=1S/C98H68N4/c1-97(2)85-31-19-17-29-77(85)79-47-37-71(59-87(79)97)75-49-50-76(72-38-48-80-78-30-18-20-32-86(78)98(3,4)88(80)60-72)96-95(75)99-93(65-33-43-73(44-34-65)101-89-51-39-67(61-21-9-5-10-22-61)55-81(89)82-56-68(40-52-90(82)101)62-23-11-6-12-24-62)94(100-96)66-35-45-74(46-36-66)102-91-53-41-69(63-25-13-7-14-26-63)57-83(91)84-58-70(42-54-92(84)102)64-27-15-8-16-28-64/h5-60H,1-4H3. The molecule has 0 atom stereocenters. The molecule has 20 rings (SSSR count). The molecule has 0 radical (unpaired) electrons. The second kappa shape index (κ2) is 22.9. The summed E-state index contributed by atoms with van der Waals surface area (Å²) in [5.74, 6) is 0. The molecule has 4 nitrogen and oxygen atoms in total. The first kappa shape index (κ1) is 59.3. The predicted octanol–water partition coefficient (Wildman–Crippen LogP) is 25.8. The van der Waals surface area contributed by atoms with Gasteiger partial charge >= 0.3 is 0 Å². The third kappa shape index (κ3) is 9.29. The van der Waals surface area contributed by atoms with Crippen LogP contribution in [0.3, 0.4) is 0 Å². The molecule has 18 aromatic rings. The molecular formula is C98H68N4. The fourth-order valence-corrected chi connectivity index (χ4v) is 17.1. The van der Waals surface area contributed by atoms with Crippen LogP contribution in [0.5, 0.6) is 0 Å². The minimum Gasteiger partial charge on any atom is -0.309 e. The van der Waals surface area contributed by atoms with Crippen LogP contribution in [-0.4, -0.2) is 19.1 Å². The summed E-state index contributed by atoms with van der Waals surface area (Å²) in [6, 6.07) is 125. The minimum atomic E-state index is -0.204. The lowest BCUT2D eigenvalue weighted by Crippen LogP contribution is -2.15. The molecule has 2 aliphatic carbocycles. The van der Waals surface area contributed by atoms with Crippen molar-refractivity contribution in [3.8, 4) is 123 Å². The lowest BCUT2D eigenvalue weighted by molar-refractivity contribution is 0.660. The monoisotopic (exact) mass is 1300 g/mol. The Morgan fingerprint density at radius 3 is 0.794 bits per heavy atom. The first-order chi connectivity index (χ1) is 50.1. The number of aromatic nitrogens is 4. The Bertz CT molecular complexity index is 5850. The van der Waals surface area contributed by atoms with E-state index >= 15 is 0 Å². The van der Waals surface area contributed by atoms with Gasteiger partial charge in [-0.05, 0) is 185 Å². The van der Waals surface area contributed by atoms with E-state index in [-0.39, 0.29) is 10.8 Å². The zero-order valence-electron chi connectivity index (χ0n) is 57.1. The number of hydrogen-bond donors (Lipinski definition) is 0. The molecule has 0 spiro atoms. The summed E-state index contributed by atoms with van der Waals surface area (Å²) in [6.45, 7) is 9.46. The van der Waals surface area contributed by atoms with Crippen LogP contribution < -0.4 is 0 Å². The summed E-state index contributed by atoms with van der Waals surface area (Å²) >= 11 is 0. The topological polar surface area (TPSA) is 35.6 Å². The van der Waals surface area contributed by atoms with Crippen LogP contribution in [-0.2, 0) is 10.8 Å². The van der Waals surface area contributed by atoms with E-state index < -0.39 is 0 Å². The third-order valence-electron chi connectivity index (χ3n) is 22.4. The Kier molecular flexibility index (Phi) is 13.3. The number of rotatable bonds is 10. The average Bonchev–Trinajstić information content (AvgIpc) is 1.52. The Morgan fingerprint density at radius 2 is 0.471 bits per heavy atom. The predicted molar refractivity (Wildman–Crippen MR) is 427 cm³/mol. The van der Waals surface area contributed by atoms with Crippen molar-refractivity contribution >= 4 is 54.6 Å². The summed E-state index contributed by atoms with van der Waals surface area (Å²) in [5.41, 5.74) is 35.8. The molecule has 0 saturated carbocycles. The van der Waals surface area contributed by atoms with Gasteiger partial charge in [0.1, 0.15) is 0 Å². The lowest BCUT2D eigenvalue weighted by Gasteiger charge is -2.23. The van der Waals surface area contributed by atoms with Crippen molar-refractivity contribution in [3.05, 3.63) is 362 Å². The van der Waals surface area contributed by atoms with Crippen molar-refractivity contribution in [2.75, 3.05) is 0 Å². The molecule has 0 bridgehead atoms. The van der Waals surface area contributed by atoms with Crippen molar-refractivity contribution in [2.45, 2.75) is 38.5 Å². The molecule has 480 valence electrons. The molecule has 4 heteroatoms. The molecule has 0 unspecified atom stereocenters. The van der Waals surface area contributed by atoms with Gasteiger partial charge in [0.05, 0.1) is 44.5 Å². The first-order valence-corrected chi connectivity index (χ1v) is 35.5. The Hall–Kier alpha value is -12.8. The molecule has 15 aromatic carbocycles. The van der Waals surface area contributed by atoms with Gasteiger partial charge < -0.3 is 9.13 Å². The number of hydrogen-bond acceptors (Lipinski definition) is 2. The van der Waals surface area contributed by atoms with Crippen molar-refractivity contribution < 1.29 is 0 Å². The molecule has 0 N–H and O–H groups in total. The number of benzene rings is 15. The maximum atomic E-state index is 6.10. The molecule has 102 heavy (non-hydrogen) atoms. The van der Waals surface area contributed by atoms with E-state index in [0.717, 1.165) is 89.2 Å². The maximum Gasteiger partial charge on any atom is 0.0979 e. The second-order valence-corrected chi connectivity index (χ2v) is 28.8. The molecule has 0 saturated heterocycles. The van der Waals surface area contributed by atoms with Gasteiger partial charge in [0, 0.05) is 66.0 Å². The van der Waals surface area contributed by atoms with Crippen molar-refractivity contribution in [2.24, 2.45) is 0 Å². The first-order valence-electron chi connectivity index (χ1n) is 35.5. The highest BCUT2D eigenvalue weighted by molar-refractivity contribution is 6.13. The smallest absolute Gasteiger partial charge is 0.0979 e. The fraction of sp³-hybridized carbons (Fsp3) is 0.0612. The number of fused-ring (bicyclic) bond motifs is 13. The van der Waals surface area contributed by atoms with E-state index in [2.05, 4.69) is 377 Å². The Morgan fingerprint density at radius 1 is 0.206 bits per heavy atom. The molecule has 3 heterocycles. The molecule has 3 aromatic heterocycles. The maximum absolute atomic E-state index is 6.10. The summed E-state index contributed by atoms with van der Waals surface area (Å²) < 4.78 is 4.86. The largest absolute Gasteiger partial charge is 0.309 e. The zero-order valence-corrected chi connectivity index (χ0v) is 57.1. The zero-order chi connectivity index (χ0) is 68.0. The summed E-state index contributed by atoms with van der Waals surface area (Å²) in [4.78, 5) is 12.2. The molecule has 0 amide bonds. The van der Waals surface area contributed by atoms with Crippen molar-refractivity contribution in [3.63, 3.8) is 0 Å². The Balaban J connectivity index is 0.801. The SMILES string of the molecule is CC1(C)c2ccccc2-c2ccc(-c3ccc(-c4ccc5c(c4)C(C)(C)c4ccccc4-5)c4nc(-c5ccc(-n6c7ccc(-c8ccccc8)cc7c7cc(-c8ccccc8)ccc76)cc5)c(-c5ccc(-n6c7ccc(-c8ccccc8)cc7c7cc(-c8ccccc8)ccc76)cc5)nc34)cc21. The fourth-order valence-electron chi connectivity index (χ4n) is 17.1. The summed E-state index contributed by atoms with van der Waals surface area (Å²) in [5, 5.41) is 4.81. The van der Waals surface area contributed by atoms with Gasteiger partial charge in [-0.3, -0.25) is 0 Å². The van der Waals surface area contributed by atoms with Gasteiger partial charge in [-0.25, -0.2) is 9.97 Å². The quantitative estimate of drug-likeness (QED) is 0.137. The van der Waals surface area contributed by atoms with Gasteiger partial charge in [-0.1, -0.05) is 282 Å². The Labute approximate surface area is 593 Å². The molecule has 0 aliphatic heterocycles. The highest BCUT2D eigenvalue weighted by Gasteiger charge is 2.37. The van der Waals surface area contributed by atoms with Crippen LogP contribution in [0.1, 0.15) is 49.9 Å². The van der Waals surface area contributed by atoms with Gasteiger partial charge in [0.2, 0.25) is 0 Å². The van der Waals surface area contributed by atoms with Crippen LogP contribution >= 0.6 is 0 Å². The van der Waals surface area contributed by atoms with Gasteiger partial charge in [0.25, 0.3) is 0 Å². The normalized spacial score (nSPS) is 13.3. The molecule has 0 fully saturated rings. The van der Waals surface area contributed by atoms with Crippen molar-refractivity contribution in [1.29, 1.82) is 0 Å². The van der Waals surface area contributed by atoms with Gasteiger partial charge in [-0.15, -0.1) is 0 Å². The summed E-state index contributed by atoms with van der Waals surface area (Å²) in [7, 11) is 0. The van der Waals surface area contributed by atoms with Crippen molar-refractivity contribution in [1.82, 2.24) is 19.1 Å². The van der Waals surface area contributed by atoms with E-state index in [0.29, 0.717) is 0 Å². The van der Waals surface area contributed by atoms with E-state index in [4.69, 9.17) is 9.97 Å². The van der Waals surface area contributed by atoms with Gasteiger partial charge in [0.15, 0.2) is 0 Å². The summed E-state index contributed by atoms with van der Waals surface area (Å²) in [6.07, 6.45) is 0. The minimum absolute atomic E-state index is 0.204. The molecular weight excluding hydrogens is 1230 g/mol. The van der Waals surface area contributed by atoms with Gasteiger partial charge in [-0.2, -0.15) is 0 Å². The van der Waals surface area contributed by atoms with E-state index in [1.165, 1.54) is 111 Å². The van der Waals surface area contributed by atoms with Crippen LogP contribution in [0.4, 0.5) is 0 Å². The van der Waals surface area contributed by atoms with Crippen LogP contribution in [0.15, 0.2) is 340 Å². The second-order valence-electron chi connectivity index (χ2n) is 28.8. The highest BCUT2D eigenvalue weighted by Crippen LogP contribution is 2.53. The number of nitrogens with zero attached hydrogens (tertiary/aromatic N) is 4. The van der Waals surface area contributed by atoms with Crippen LogP contribution in [0.25, 0.3) is 178 Å². The van der Waals surface area contributed by atoms with E-state index in [9.17, 15) is 0 Å². The van der Waals surface area contributed by atoms with Crippen LogP contribution in [0.2, 0.25) is 0 Å². The van der Waals surface area contributed by atoms with E-state index in [1.54, 1.807) is 0 Å². The molecule has 2 aliphatic rings.